The van der Waals surface area contributed by atoms with Gasteiger partial charge in [0.15, 0.2) is 0 Å². The van der Waals surface area contributed by atoms with Gasteiger partial charge in [0, 0.05) is 17.8 Å². The summed E-state index contributed by atoms with van der Waals surface area (Å²) in [5.41, 5.74) is 0.936. The molecule has 2 nitrogen and oxygen atoms in total. The molecule has 0 aliphatic heterocycles. The molecule has 0 N–H and O–H groups in total. The van der Waals surface area contributed by atoms with Crippen LogP contribution < -0.4 is 4.74 Å². The molecule has 0 bridgehead atoms. The van der Waals surface area contributed by atoms with Gasteiger partial charge in [-0.2, -0.15) is 0 Å². The molecule has 1 heterocycles. The van der Waals surface area contributed by atoms with Gasteiger partial charge in [0.25, 0.3) is 0 Å². The third-order valence-electron chi connectivity index (χ3n) is 1.11. The number of pyridine rings is 1. The van der Waals surface area contributed by atoms with Crippen LogP contribution in [0.15, 0.2) is 12.1 Å². The van der Waals surface area contributed by atoms with Crippen LogP contribution >= 0.6 is 0 Å². The van der Waals surface area contributed by atoms with Crippen molar-refractivity contribution in [1.29, 1.82) is 0 Å². The van der Waals surface area contributed by atoms with Crippen molar-refractivity contribution < 1.29 is 4.74 Å². The van der Waals surface area contributed by atoms with Gasteiger partial charge in [0.1, 0.15) is 5.75 Å². The normalized spacial score (nSPS) is 9.40. The molecule has 0 saturated heterocycles. The summed E-state index contributed by atoms with van der Waals surface area (Å²) in [6, 6.07) is 3.62. The molecule has 0 saturated carbocycles. The third kappa shape index (κ3) is 1.72. The molecule has 1 radical (unpaired) electrons. The molecule has 0 aromatic carbocycles. The molecule has 1 rings (SSSR count). The minimum absolute atomic E-state index is 0.692. The zero-order valence-electron chi connectivity index (χ0n) is 6.22. The Bertz CT molecular complexity index is 210. The van der Waals surface area contributed by atoms with Crippen LogP contribution in [0.3, 0.4) is 0 Å². The van der Waals surface area contributed by atoms with E-state index in [4.69, 9.17) is 4.74 Å². The Morgan fingerprint density at radius 1 is 1.70 bits per heavy atom. The molecule has 0 fully saturated rings. The first-order valence-corrected chi connectivity index (χ1v) is 3.30. The second-order valence-electron chi connectivity index (χ2n) is 2.01. The predicted octanol–water partition coefficient (Wildman–Crippen LogP) is 1.59. The molecule has 2 heteroatoms. The molecule has 0 aliphatic rings. The van der Waals surface area contributed by atoms with Gasteiger partial charge in [-0.25, -0.2) is 0 Å². The van der Waals surface area contributed by atoms with Gasteiger partial charge in [-0.15, -0.1) is 0 Å². The number of rotatable bonds is 2. The van der Waals surface area contributed by atoms with E-state index >= 15 is 0 Å². The Kier molecular flexibility index (Phi) is 2.26. The minimum atomic E-state index is 0.692. The lowest BCUT2D eigenvalue weighted by Crippen LogP contribution is -1.92. The first kappa shape index (κ1) is 7.06. The molecule has 0 unspecified atom stereocenters. The highest BCUT2D eigenvalue weighted by molar-refractivity contribution is 5.20. The van der Waals surface area contributed by atoms with Crippen molar-refractivity contribution >= 4 is 0 Å². The van der Waals surface area contributed by atoms with Crippen molar-refractivity contribution in [3.63, 3.8) is 0 Å². The fourth-order valence-corrected chi connectivity index (χ4v) is 0.728. The second kappa shape index (κ2) is 3.20. The van der Waals surface area contributed by atoms with Crippen LogP contribution in [-0.4, -0.2) is 11.6 Å². The molecule has 0 atom stereocenters. The largest absolute Gasteiger partial charge is 0.494 e. The monoisotopic (exact) mass is 136 g/mol. The van der Waals surface area contributed by atoms with Crippen molar-refractivity contribution in [2.24, 2.45) is 0 Å². The maximum atomic E-state index is 5.22. The van der Waals surface area contributed by atoms with Crippen molar-refractivity contribution in [3.05, 3.63) is 24.0 Å². The number of ether oxygens (including phenoxy) is 1. The molecular formula is C8H10NO. The topological polar surface area (TPSA) is 22.1 Å². The lowest BCUT2D eigenvalue weighted by molar-refractivity contribution is 0.339. The Labute approximate surface area is 60.9 Å². The van der Waals surface area contributed by atoms with E-state index in [-0.39, 0.29) is 0 Å². The van der Waals surface area contributed by atoms with Gasteiger partial charge in [0.2, 0.25) is 0 Å². The van der Waals surface area contributed by atoms with Gasteiger partial charge >= 0.3 is 0 Å². The zero-order valence-corrected chi connectivity index (χ0v) is 6.22. The standard InChI is InChI=1S/C8H10NO/c1-3-10-8-4-5-9-7(2)6-8/h4,6H,3H2,1-2H3. The molecule has 0 spiro atoms. The Morgan fingerprint density at radius 3 is 3.10 bits per heavy atom. The molecular weight excluding hydrogens is 126 g/mol. The van der Waals surface area contributed by atoms with Crippen LogP contribution in [0.5, 0.6) is 5.75 Å². The van der Waals surface area contributed by atoms with Gasteiger partial charge in [-0.1, -0.05) is 0 Å². The van der Waals surface area contributed by atoms with E-state index in [9.17, 15) is 0 Å². The van der Waals surface area contributed by atoms with E-state index in [2.05, 4.69) is 11.2 Å². The minimum Gasteiger partial charge on any atom is -0.494 e. The number of aromatic nitrogens is 1. The summed E-state index contributed by atoms with van der Waals surface area (Å²) in [6.45, 7) is 4.56. The maximum absolute atomic E-state index is 5.22. The predicted molar refractivity (Wildman–Crippen MR) is 39.0 cm³/mol. The van der Waals surface area contributed by atoms with Crippen LogP contribution in [0, 0.1) is 13.1 Å². The maximum Gasteiger partial charge on any atom is 0.123 e. The molecule has 10 heavy (non-hydrogen) atoms. The van der Waals surface area contributed by atoms with Crippen LogP contribution in [0.25, 0.3) is 0 Å². The quantitative estimate of drug-likeness (QED) is 0.616. The number of hydrogen-bond donors (Lipinski definition) is 0. The smallest absolute Gasteiger partial charge is 0.123 e. The molecule has 1 aromatic rings. The van der Waals surface area contributed by atoms with Crippen LogP contribution in [0.2, 0.25) is 0 Å². The van der Waals surface area contributed by atoms with Gasteiger partial charge in [-0.3, -0.25) is 4.98 Å². The summed E-state index contributed by atoms with van der Waals surface area (Å²) in [5, 5.41) is 0. The lowest BCUT2D eigenvalue weighted by Gasteiger charge is -2.00. The van der Waals surface area contributed by atoms with E-state index in [0.29, 0.717) is 6.61 Å². The van der Waals surface area contributed by atoms with E-state index in [1.54, 1.807) is 6.07 Å². The van der Waals surface area contributed by atoms with E-state index in [1.807, 2.05) is 19.9 Å². The van der Waals surface area contributed by atoms with Crippen molar-refractivity contribution in [2.45, 2.75) is 13.8 Å². The number of nitrogens with zero attached hydrogens (tertiary/aromatic N) is 1. The average Bonchev–Trinajstić information content (AvgIpc) is 1.88. The van der Waals surface area contributed by atoms with Gasteiger partial charge < -0.3 is 4.74 Å². The number of aryl methyl sites for hydroxylation is 1. The van der Waals surface area contributed by atoms with Crippen LogP contribution in [0.4, 0.5) is 0 Å². The molecule has 1 aromatic heterocycles. The fourth-order valence-electron chi connectivity index (χ4n) is 0.728. The van der Waals surface area contributed by atoms with Gasteiger partial charge in [0.05, 0.1) is 12.8 Å². The SMILES string of the molecule is CCOc1c[c]nc(C)c1. The second-order valence-corrected chi connectivity index (χ2v) is 2.01. The molecule has 0 aliphatic carbocycles. The van der Waals surface area contributed by atoms with Crippen molar-refractivity contribution in [2.75, 3.05) is 6.61 Å². The fraction of sp³-hybridized carbons (Fsp3) is 0.375. The average molecular weight is 136 g/mol. The van der Waals surface area contributed by atoms with Crippen LogP contribution in [0.1, 0.15) is 12.6 Å². The highest BCUT2D eigenvalue weighted by atomic mass is 16.5. The summed E-state index contributed by atoms with van der Waals surface area (Å²) >= 11 is 0. The summed E-state index contributed by atoms with van der Waals surface area (Å²) in [5.74, 6) is 0.843. The zero-order chi connectivity index (χ0) is 7.40. The Balaban J connectivity index is 2.75. The Hall–Kier alpha value is -1.05. The van der Waals surface area contributed by atoms with E-state index in [1.165, 1.54) is 0 Å². The lowest BCUT2D eigenvalue weighted by atomic mass is 10.4. The number of hydrogen-bond acceptors (Lipinski definition) is 2. The van der Waals surface area contributed by atoms with Gasteiger partial charge in [-0.05, 0) is 13.8 Å². The third-order valence-corrected chi connectivity index (χ3v) is 1.11. The highest BCUT2D eigenvalue weighted by Crippen LogP contribution is 2.08. The van der Waals surface area contributed by atoms with Crippen molar-refractivity contribution in [1.82, 2.24) is 4.98 Å². The summed E-state index contributed by atoms with van der Waals surface area (Å²) in [7, 11) is 0. The first-order valence-electron chi connectivity index (χ1n) is 3.30. The van der Waals surface area contributed by atoms with Crippen LogP contribution in [-0.2, 0) is 0 Å². The van der Waals surface area contributed by atoms with E-state index in [0.717, 1.165) is 11.4 Å². The molecule has 53 valence electrons. The van der Waals surface area contributed by atoms with E-state index < -0.39 is 0 Å². The first-order chi connectivity index (χ1) is 4.83. The summed E-state index contributed by atoms with van der Waals surface area (Å²) in [6.07, 6.45) is 2.74. The highest BCUT2D eigenvalue weighted by Gasteiger charge is 1.90. The summed E-state index contributed by atoms with van der Waals surface area (Å²) < 4.78 is 5.22. The molecule has 0 amide bonds. The van der Waals surface area contributed by atoms with Crippen molar-refractivity contribution in [3.8, 4) is 5.75 Å². The Morgan fingerprint density at radius 2 is 2.50 bits per heavy atom. The summed E-state index contributed by atoms with van der Waals surface area (Å²) in [4.78, 5) is 3.92.